The first-order valence-electron chi connectivity index (χ1n) is 10.8. The number of allylic oxidation sites excluding steroid dienone is 1. The highest BCUT2D eigenvalue weighted by Gasteiger charge is 2.29. The Bertz CT molecular complexity index is 620. The van der Waals surface area contributed by atoms with Gasteiger partial charge in [0.15, 0.2) is 5.57 Å². The van der Waals surface area contributed by atoms with Gasteiger partial charge in [-0.05, 0) is 52.1 Å². The minimum Gasteiger partial charge on any atom is -0.392 e. The number of likely N-dealkylation sites (tertiary alicyclic amines) is 2. The molecule has 2 atom stereocenters. The molecule has 3 fully saturated rings. The molecule has 0 aromatic heterocycles. The summed E-state index contributed by atoms with van der Waals surface area (Å²) in [5.41, 5.74) is 0.239. The van der Waals surface area contributed by atoms with E-state index in [1.54, 1.807) is 0 Å². The molecule has 154 valence electrons. The van der Waals surface area contributed by atoms with Gasteiger partial charge in [0.25, 0.3) is 0 Å². The molecule has 0 spiro atoms. The summed E-state index contributed by atoms with van der Waals surface area (Å²) in [6, 6.07) is 4.91. The van der Waals surface area contributed by atoms with Crippen LogP contribution in [0.1, 0.15) is 39.0 Å². The van der Waals surface area contributed by atoms with Gasteiger partial charge < -0.3 is 24.7 Å². The molecule has 28 heavy (non-hydrogen) atoms. The second-order valence-electron chi connectivity index (χ2n) is 8.37. The lowest BCUT2D eigenvalue weighted by Gasteiger charge is -2.27. The summed E-state index contributed by atoms with van der Waals surface area (Å²) >= 11 is 0. The summed E-state index contributed by atoms with van der Waals surface area (Å²) in [5, 5.41) is 28.6. The molecule has 3 rings (SSSR count). The number of β-amino-alcohol motifs (C(OH)–C–C–N with tert-alkyl or cyclic N) is 1. The van der Waals surface area contributed by atoms with Gasteiger partial charge in [-0.1, -0.05) is 0 Å². The van der Waals surface area contributed by atoms with Crippen LogP contribution in [-0.4, -0.2) is 95.8 Å². The Morgan fingerprint density at radius 1 is 0.964 bits per heavy atom. The lowest BCUT2D eigenvalue weighted by atomic mass is 10.2. The zero-order chi connectivity index (χ0) is 19.9. The summed E-state index contributed by atoms with van der Waals surface area (Å²) in [6.07, 6.45) is 5.33. The molecule has 0 aromatic carbocycles. The van der Waals surface area contributed by atoms with Gasteiger partial charge in [-0.3, -0.25) is 0 Å². The van der Waals surface area contributed by atoms with Crippen LogP contribution >= 0.6 is 0 Å². The van der Waals surface area contributed by atoms with E-state index in [-0.39, 0.29) is 11.7 Å². The van der Waals surface area contributed by atoms with Crippen molar-refractivity contribution in [1.82, 2.24) is 19.6 Å². The van der Waals surface area contributed by atoms with Gasteiger partial charge in [-0.15, -0.1) is 0 Å². The Morgan fingerprint density at radius 3 is 2.18 bits per heavy atom. The Kier molecular flexibility index (Phi) is 7.56. The zero-order valence-electron chi connectivity index (χ0n) is 17.2. The third-order valence-corrected chi connectivity index (χ3v) is 6.40. The van der Waals surface area contributed by atoms with Gasteiger partial charge in [0.1, 0.15) is 18.0 Å². The molecule has 2 unspecified atom stereocenters. The summed E-state index contributed by atoms with van der Waals surface area (Å²) in [5.74, 6) is 0.834. The van der Waals surface area contributed by atoms with Crippen LogP contribution in [0.5, 0.6) is 0 Å². The van der Waals surface area contributed by atoms with E-state index in [0.717, 1.165) is 77.4 Å². The van der Waals surface area contributed by atoms with E-state index in [4.69, 9.17) is 0 Å². The van der Waals surface area contributed by atoms with Crippen molar-refractivity contribution in [2.24, 2.45) is 0 Å². The topological polar surface area (TPSA) is 80.8 Å². The fourth-order valence-electron chi connectivity index (χ4n) is 4.82. The number of nitriles is 2. The van der Waals surface area contributed by atoms with Crippen LogP contribution < -0.4 is 0 Å². The largest absolute Gasteiger partial charge is 0.392 e. The van der Waals surface area contributed by atoms with Crippen LogP contribution in [0.4, 0.5) is 0 Å². The lowest BCUT2D eigenvalue weighted by molar-refractivity contribution is 0.174. The van der Waals surface area contributed by atoms with Gasteiger partial charge >= 0.3 is 0 Å². The lowest BCUT2D eigenvalue weighted by Crippen LogP contribution is -2.32. The van der Waals surface area contributed by atoms with Crippen LogP contribution in [0, 0.1) is 22.7 Å². The Hall–Kier alpha value is -1.80. The number of nitrogens with zero attached hydrogens (tertiary/aromatic N) is 6. The third kappa shape index (κ3) is 5.17. The quantitative estimate of drug-likeness (QED) is 0.628. The molecule has 7 heteroatoms. The van der Waals surface area contributed by atoms with Gasteiger partial charge in [0.2, 0.25) is 0 Å². The number of rotatable bonds is 8. The molecule has 0 aromatic rings. The summed E-state index contributed by atoms with van der Waals surface area (Å²) in [7, 11) is 0. The van der Waals surface area contributed by atoms with Crippen LogP contribution in [0.3, 0.4) is 0 Å². The predicted octanol–water partition coefficient (Wildman–Crippen LogP) is 1.19. The molecule has 3 saturated heterocycles. The predicted molar refractivity (Wildman–Crippen MR) is 108 cm³/mol. The second-order valence-corrected chi connectivity index (χ2v) is 8.37. The molecule has 0 saturated carbocycles. The minimum atomic E-state index is -0.181. The Balaban J connectivity index is 1.52. The molecule has 0 aliphatic carbocycles. The van der Waals surface area contributed by atoms with Crippen LogP contribution in [-0.2, 0) is 0 Å². The first-order chi connectivity index (χ1) is 13.6. The fraction of sp³-hybridized carbons (Fsp3) is 0.810. The monoisotopic (exact) mass is 386 g/mol. The van der Waals surface area contributed by atoms with E-state index in [1.165, 1.54) is 19.4 Å². The van der Waals surface area contributed by atoms with Crippen LogP contribution in [0.25, 0.3) is 0 Å². The van der Waals surface area contributed by atoms with Crippen molar-refractivity contribution in [2.75, 3.05) is 58.9 Å². The zero-order valence-corrected chi connectivity index (χ0v) is 17.2. The maximum absolute atomic E-state index is 9.66. The van der Waals surface area contributed by atoms with Gasteiger partial charge in [0, 0.05) is 51.9 Å². The second kappa shape index (κ2) is 10.1. The van der Waals surface area contributed by atoms with Crippen LogP contribution in [0.15, 0.2) is 11.4 Å². The Labute approximate surface area is 169 Å². The standard InChI is InChI=1S/C21H34N6O/c1-18-5-2-8-25(18)9-4-11-27-14-13-26(21(27)19(15-22)16-23)10-3-7-24-12-6-20(28)17-24/h18,20,28H,2-14,17H2,1H3. The van der Waals surface area contributed by atoms with Crippen LogP contribution in [0.2, 0.25) is 0 Å². The normalized spacial score (nSPS) is 26.1. The van der Waals surface area contributed by atoms with Crippen molar-refractivity contribution >= 4 is 0 Å². The minimum absolute atomic E-state index is 0.181. The molecular weight excluding hydrogens is 352 g/mol. The molecule has 0 radical (unpaired) electrons. The van der Waals surface area contributed by atoms with Crippen molar-refractivity contribution in [3.63, 3.8) is 0 Å². The molecule has 3 aliphatic heterocycles. The molecule has 7 nitrogen and oxygen atoms in total. The van der Waals surface area contributed by atoms with Crippen molar-refractivity contribution in [3.05, 3.63) is 11.4 Å². The van der Waals surface area contributed by atoms with Gasteiger partial charge in [-0.2, -0.15) is 10.5 Å². The van der Waals surface area contributed by atoms with Crippen molar-refractivity contribution in [2.45, 2.75) is 51.2 Å². The summed E-state index contributed by atoms with van der Waals surface area (Å²) in [6.45, 7) is 10.8. The average Bonchev–Trinajstić information content (AvgIpc) is 3.39. The van der Waals surface area contributed by atoms with Crippen molar-refractivity contribution in [1.29, 1.82) is 10.5 Å². The maximum atomic E-state index is 9.66. The number of hydrogen-bond acceptors (Lipinski definition) is 7. The maximum Gasteiger partial charge on any atom is 0.169 e. The molecular formula is C21H34N6O. The Morgan fingerprint density at radius 2 is 1.64 bits per heavy atom. The summed E-state index contributed by atoms with van der Waals surface area (Å²) < 4.78 is 0. The van der Waals surface area contributed by atoms with E-state index in [2.05, 4.69) is 38.7 Å². The molecule has 3 heterocycles. The van der Waals surface area contributed by atoms with E-state index >= 15 is 0 Å². The first kappa shape index (κ1) is 20.9. The smallest absolute Gasteiger partial charge is 0.169 e. The third-order valence-electron chi connectivity index (χ3n) is 6.40. The van der Waals surface area contributed by atoms with Crippen molar-refractivity contribution < 1.29 is 5.11 Å². The molecule has 0 amide bonds. The van der Waals surface area contributed by atoms with E-state index in [1.807, 2.05) is 0 Å². The average molecular weight is 387 g/mol. The van der Waals surface area contributed by atoms with E-state index < -0.39 is 0 Å². The van der Waals surface area contributed by atoms with E-state index in [0.29, 0.717) is 6.04 Å². The number of hydrogen-bond donors (Lipinski definition) is 1. The number of aliphatic hydroxyl groups excluding tert-OH is 1. The highest BCUT2D eigenvalue weighted by Crippen LogP contribution is 2.23. The number of aliphatic hydroxyl groups is 1. The molecule has 0 bridgehead atoms. The van der Waals surface area contributed by atoms with Gasteiger partial charge in [0.05, 0.1) is 6.10 Å². The van der Waals surface area contributed by atoms with E-state index in [9.17, 15) is 15.6 Å². The molecule has 3 aliphatic rings. The van der Waals surface area contributed by atoms with Gasteiger partial charge in [-0.25, -0.2) is 0 Å². The fourth-order valence-corrected chi connectivity index (χ4v) is 4.82. The first-order valence-corrected chi connectivity index (χ1v) is 10.8. The van der Waals surface area contributed by atoms with Crippen molar-refractivity contribution in [3.8, 4) is 12.1 Å². The summed E-state index contributed by atoms with van der Waals surface area (Å²) in [4.78, 5) is 9.31. The SMILES string of the molecule is CC1CCCN1CCCN1CCN(CCCN2CCC(O)C2)C1=C(C#N)C#N. The highest BCUT2D eigenvalue weighted by molar-refractivity contribution is 5.40. The highest BCUT2D eigenvalue weighted by atomic mass is 16.3. The molecule has 1 N–H and O–H groups in total.